The van der Waals surface area contributed by atoms with E-state index < -0.39 is 0 Å². The Kier molecular flexibility index (Phi) is 4.98. The zero-order valence-corrected chi connectivity index (χ0v) is 18.8. The van der Waals surface area contributed by atoms with Crippen molar-refractivity contribution in [2.45, 2.75) is 27.3 Å². The van der Waals surface area contributed by atoms with Crippen LogP contribution in [0.1, 0.15) is 18.3 Å². The van der Waals surface area contributed by atoms with E-state index in [1.807, 2.05) is 37.2 Å². The summed E-state index contributed by atoms with van der Waals surface area (Å²) in [7, 11) is 2.04. The number of aryl methyl sites for hydroxylation is 3. The SMILES string of the molecule is CCn1cc(-c2ccc3cnc(Nc4ccc(-c5cnc(C)n5C)cc4C)cc3c2)cn1. The van der Waals surface area contributed by atoms with Crippen LogP contribution in [0.15, 0.2) is 67.3 Å². The Balaban J connectivity index is 1.44. The van der Waals surface area contributed by atoms with Gasteiger partial charge in [-0.2, -0.15) is 5.10 Å². The molecule has 0 spiro atoms. The minimum atomic E-state index is 0.825. The molecule has 32 heavy (non-hydrogen) atoms. The van der Waals surface area contributed by atoms with Crippen molar-refractivity contribution in [3.05, 3.63) is 78.6 Å². The number of hydrogen-bond acceptors (Lipinski definition) is 4. The van der Waals surface area contributed by atoms with E-state index in [0.717, 1.165) is 62.6 Å². The van der Waals surface area contributed by atoms with Gasteiger partial charge in [-0.15, -0.1) is 0 Å². The zero-order chi connectivity index (χ0) is 22.2. The number of nitrogens with zero attached hydrogens (tertiary/aromatic N) is 5. The van der Waals surface area contributed by atoms with Crippen molar-refractivity contribution in [1.82, 2.24) is 24.3 Å². The summed E-state index contributed by atoms with van der Waals surface area (Å²) in [6.07, 6.45) is 7.83. The minimum absolute atomic E-state index is 0.825. The molecule has 160 valence electrons. The summed E-state index contributed by atoms with van der Waals surface area (Å²) in [4.78, 5) is 9.03. The first-order valence-corrected chi connectivity index (χ1v) is 10.8. The van der Waals surface area contributed by atoms with Crippen LogP contribution in [0, 0.1) is 13.8 Å². The molecule has 6 nitrogen and oxygen atoms in total. The van der Waals surface area contributed by atoms with Crippen LogP contribution < -0.4 is 5.32 Å². The van der Waals surface area contributed by atoms with Crippen molar-refractivity contribution in [2.24, 2.45) is 7.05 Å². The average Bonchev–Trinajstić information content (AvgIpc) is 3.42. The van der Waals surface area contributed by atoms with Crippen LogP contribution >= 0.6 is 0 Å². The highest BCUT2D eigenvalue weighted by molar-refractivity contribution is 5.89. The predicted molar refractivity (Wildman–Crippen MR) is 130 cm³/mol. The molecular weight excluding hydrogens is 396 g/mol. The Hall–Kier alpha value is -3.93. The zero-order valence-electron chi connectivity index (χ0n) is 18.8. The molecule has 0 fully saturated rings. The molecule has 0 radical (unpaired) electrons. The molecule has 0 unspecified atom stereocenters. The van der Waals surface area contributed by atoms with Crippen molar-refractivity contribution < 1.29 is 0 Å². The Labute approximate surface area is 187 Å². The topological polar surface area (TPSA) is 60.6 Å². The number of nitrogens with one attached hydrogen (secondary N) is 1. The van der Waals surface area contributed by atoms with Crippen LogP contribution in [0.25, 0.3) is 33.2 Å². The second-order valence-electron chi connectivity index (χ2n) is 8.12. The van der Waals surface area contributed by atoms with Gasteiger partial charge in [0.15, 0.2) is 0 Å². The van der Waals surface area contributed by atoms with Crippen molar-refractivity contribution in [3.8, 4) is 22.4 Å². The fraction of sp³-hybridized carbons (Fsp3) is 0.192. The van der Waals surface area contributed by atoms with E-state index in [1.54, 1.807) is 0 Å². The summed E-state index contributed by atoms with van der Waals surface area (Å²) < 4.78 is 4.05. The average molecular weight is 423 g/mol. The first-order valence-electron chi connectivity index (χ1n) is 10.8. The van der Waals surface area contributed by atoms with Gasteiger partial charge >= 0.3 is 0 Å². The number of anilines is 2. The maximum Gasteiger partial charge on any atom is 0.130 e. The van der Waals surface area contributed by atoms with E-state index in [0.29, 0.717) is 0 Å². The van der Waals surface area contributed by atoms with Gasteiger partial charge in [-0.25, -0.2) is 9.97 Å². The van der Waals surface area contributed by atoms with Gasteiger partial charge in [0.2, 0.25) is 0 Å². The lowest BCUT2D eigenvalue weighted by Crippen LogP contribution is -1.98. The highest BCUT2D eigenvalue weighted by Gasteiger charge is 2.09. The molecule has 3 aromatic heterocycles. The van der Waals surface area contributed by atoms with Gasteiger partial charge in [0.05, 0.1) is 18.1 Å². The number of rotatable bonds is 5. The van der Waals surface area contributed by atoms with Gasteiger partial charge in [-0.3, -0.25) is 4.68 Å². The Morgan fingerprint density at radius 1 is 0.844 bits per heavy atom. The molecule has 0 aliphatic rings. The van der Waals surface area contributed by atoms with Gasteiger partial charge in [-0.05, 0) is 61.5 Å². The van der Waals surface area contributed by atoms with E-state index in [1.165, 1.54) is 0 Å². The largest absolute Gasteiger partial charge is 0.340 e. The van der Waals surface area contributed by atoms with Crippen molar-refractivity contribution in [1.29, 1.82) is 0 Å². The molecule has 0 amide bonds. The summed E-state index contributed by atoms with van der Waals surface area (Å²) in [5.74, 6) is 1.83. The van der Waals surface area contributed by atoms with Gasteiger partial charge in [0.1, 0.15) is 11.6 Å². The van der Waals surface area contributed by atoms with Crippen LogP contribution in [0.3, 0.4) is 0 Å². The monoisotopic (exact) mass is 422 g/mol. The summed E-state index contributed by atoms with van der Waals surface area (Å²) in [5.41, 5.74) is 6.74. The number of pyridine rings is 1. The summed E-state index contributed by atoms with van der Waals surface area (Å²) in [6, 6.07) is 14.9. The molecule has 6 heteroatoms. The molecule has 1 N–H and O–H groups in total. The molecule has 0 aliphatic carbocycles. The molecular formula is C26H26N6. The summed E-state index contributed by atoms with van der Waals surface area (Å²) in [5, 5.41) is 10.1. The lowest BCUT2D eigenvalue weighted by molar-refractivity contribution is 0.660. The number of aromatic nitrogens is 5. The molecule has 0 aliphatic heterocycles. The lowest BCUT2D eigenvalue weighted by Gasteiger charge is -2.12. The third kappa shape index (κ3) is 3.64. The molecule has 0 saturated heterocycles. The molecule has 0 bridgehead atoms. The maximum atomic E-state index is 4.62. The second kappa shape index (κ2) is 7.96. The standard InChI is InChI=1S/C26H26N6/c1-5-32-16-23(14-29-32)19-6-7-21-13-28-26(12-22(21)11-19)30-24-9-8-20(10-17(24)2)25-15-27-18(3)31(25)4/h6-16H,5H2,1-4H3,(H,28,30). The first kappa shape index (κ1) is 20.0. The van der Waals surface area contributed by atoms with E-state index in [4.69, 9.17) is 0 Å². The number of imidazole rings is 1. The van der Waals surface area contributed by atoms with Crippen LogP contribution in [0.2, 0.25) is 0 Å². The van der Waals surface area contributed by atoms with E-state index >= 15 is 0 Å². The molecule has 3 heterocycles. The van der Waals surface area contributed by atoms with E-state index in [-0.39, 0.29) is 0 Å². The number of fused-ring (bicyclic) bond motifs is 1. The van der Waals surface area contributed by atoms with Crippen LogP contribution in [0.5, 0.6) is 0 Å². The van der Waals surface area contributed by atoms with Crippen molar-refractivity contribution >= 4 is 22.3 Å². The molecule has 5 aromatic rings. The molecule has 2 aromatic carbocycles. The Bertz CT molecular complexity index is 1430. The number of hydrogen-bond donors (Lipinski definition) is 1. The van der Waals surface area contributed by atoms with Gasteiger partial charge < -0.3 is 9.88 Å². The normalized spacial score (nSPS) is 11.2. The third-order valence-electron chi connectivity index (χ3n) is 6.02. The highest BCUT2D eigenvalue weighted by Crippen LogP contribution is 2.29. The van der Waals surface area contributed by atoms with Gasteiger partial charge in [-0.1, -0.05) is 18.2 Å². The van der Waals surface area contributed by atoms with Crippen LogP contribution in [-0.4, -0.2) is 24.3 Å². The van der Waals surface area contributed by atoms with Crippen LogP contribution in [0.4, 0.5) is 11.5 Å². The fourth-order valence-corrected chi connectivity index (χ4v) is 3.95. The van der Waals surface area contributed by atoms with Crippen molar-refractivity contribution in [3.63, 3.8) is 0 Å². The summed E-state index contributed by atoms with van der Waals surface area (Å²) >= 11 is 0. The first-order chi connectivity index (χ1) is 15.5. The lowest BCUT2D eigenvalue weighted by atomic mass is 10.0. The predicted octanol–water partition coefficient (Wildman–Crippen LogP) is 5.88. The fourth-order valence-electron chi connectivity index (χ4n) is 3.95. The molecule has 0 atom stereocenters. The number of benzene rings is 2. The minimum Gasteiger partial charge on any atom is -0.340 e. The third-order valence-corrected chi connectivity index (χ3v) is 6.02. The molecule has 0 saturated carbocycles. The second-order valence-corrected chi connectivity index (χ2v) is 8.12. The van der Waals surface area contributed by atoms with Gasteiger partial charge in [0.25, 0.3) is 0 Å². The highest BCUT2D eigenvalue weighted by atomic mass is 15.3. The summed E-state index contributed by atoms with van der Waals surface area (Å²) in [6.45, 7) is 7.08. The quantitative estimate of drug-likeness (QED) is 0.384. The van der Waals surface area contributed by atoms with Crippen molar-refractivity contribution in [2.75, 3.05) is 5.32 Å². The van der Waals surface area contributed by atoms with Gasteiger partial charge in [0, 0.05) is 48.2 Å². The smallest absolute Gasteiger partial charge is 0.130 e. The Morgan fingerprint density at radius 2 is 1.69 bits per heavy atom. The Morgan fingerprint density at radius 3 is 2.41 bits per heavy atom. The van der Waals surface area contributed by atoms with E-state index in [2.05, 4.69) is 87.5 Å². The van der Waals surface area contributed by atoms with E-state index in [9.17, 15) is 0 Å². The van der Waals surface area contributed by atoms with Crippen LogP contribution in [-0.2, 0) is 13.6 Å². The maximum absolute atomic E-state index is 4.62. The molecule has 5 rings (SSSR count).